The van der Waals surface area contributed by atoms with Crippen molar-refractivity contribution >= 4 is 23.0 Å². The zero-order chi connectivity index (χ0) is 19.8. The van der Waals surface area contributed by atoms with Crippen molar-refractivity contribution < 1.29 is 18.7 Å². The molecule has 0 saturated carbocycles. The Morgan fingerprint density at radius 1 is 1.21 bits per heavy atom. The quantitative estimate of drug-likeness (QED) is 0.452. The maximum absolute atomic E-state index is 12.3. The molecule has 0 fully saturated rings. The number of carbonyl (C=O) groups is 1. The monoisotopic (exact) mass is 380 g/mol. The molecule has 0 atom stereocenters. The zero-order valence-corrected chi connectivity index (χ0v) is 16.1. The molecule has 0 unspecified atom stereocenters. The number of carbonyl (C=O) groups excluding carboxylic acids is 1. The smallest absolute Gasteiger partial charge is 0.244 e. The molecule has 3 rings (SSSR count). The van der Waals surface area contributed by atoms with Crippen LogP contribution in [0.1, 0.15) is 23.8 Å². The Morgan fingerprint density at radius 3 is 2.89 bits per heavy atom. The Hall–Kier alpha value is -3.12. The van der Waals surface area contributed by atoms with Crippen LogP contribution in [0.2, 0.25) is 0 Å². The fourth-order valence-electron chi connectivity index (χ4n) is 2.87. The number of nitrogens with zero attached hydrogens (tertiary/aromatic N) is 1. The molecule has 0 saturated heterocycles. The SMILES string of the molecule is CCc1oc2ccccc2c1/C=C/C(=O)NCc1cccnc1OCCOC. The molecule has 3 aromatic rings. The number of para-hydroxylation sites is 1. The maximum atomic E-state index is 12.3. The molecular formula is C22H24N2O4. The summed E-state index contributed by atoms with van der Waals surface area (Å²) in [4.78, 5) is 16.5. The van der Waals surface area contributed by atoms with Crippen LogP contribution < -0.4 is 10.1 Å². The van der Waals surface area contributed by atoms with E-state index in [0.29, 0.717) is 25.6 Å². The standard InChI is InChI=1S/C22H24N2O4/c1-3-19-18(17-8-4-5-9-20(17)28-19)10-11-21(25)24-15-16-7-6-12-23-22(16)27-14-13-26-2/h4-12H,3,13-15H2,1-2H3,(H,24,25)/b11-10+. The minimum absolute atomic E-state index is 0.195. The number of aromatic nitrogens is 1. The largest absolute Gasteiger partial charge is 0.475 e. The number of rotatable bonds is 9. The second-order valence-electron chi connectivity index (χ2n) is 6.15. The van der Waals surface area contributed by atoms with Gasteiger partial charge in [-0.15, -0.1) is 0 Å². The summed E-state index contributed by atoms with van der Waals surface area (Å²) in [7, 11) is 1.61. The van der Waals surface area contributed by atoms with E-state index in [0.717, 1.165) is 34.3 Å². The van der Waals surface area contributed by atoms with Gasteiger partial charge in [-0.3, -0.25) is 4.79 Å². The van der Waals surface area contributed by atoms with Crippen LogP contribution in [0.5, 0.6) is 5.88 Å². The van der Waals surface area contributed by atoms with Gasteiger partial charge in [-0.2, -0.15) is 0 Å². The van der Waals surface area contributed by atoms with E-state index in [1.165, 1.54) is 6.08 Å². The summed E-state index contributed by atoms with van der Waals surface area (Å²) < 4.78 is 16.4. The number of fused-ring (bicyclic) bond motifs is 1. The molecule has 0 aliphatic carbocycles. The molecular weight excluding hydrogens is 356 g/mol. The third-order valence-electron chi connectivity index (χ3n) is 4.26. The third-order valence-corrected chi connectivity index (χ3v) is 4.26. The lowest BCUT2D eigenvalue weighted by atomic mass is 10.1. The number of methoxy groups -OCH3 is 1. The molecule has 146 valence electrons. The minimum atomic E-state index is -0.195. The molecule has 1 amide bonds. The lowest BCUT2D eigenvalue weighted by Gasteiger charge is -2.10. The summed E-state index contributed by atoms with van der Waals surface area (Å²) in [5, 5.41) is 3.87. The van der Waals surface area contributed by atoms with Gasteiger partial charge in [-0.25, -0.2) is 4.98 Å². The molecule has 1 aromatic carbocycles. The maximum Gasteiger partial charge on any atom is 0.244 e. The van der Waals surface area contributed by atoms with Crippen molar-refractivity contribution in [3.05, 3.63) is 65.6 Å². The van der Waals surface area contributed by atoms with Crippen molar-refractivity contribution in [1.29, 1.82) is 0 Å². The van der Waals surface area contributed by atoms with Gasteiger partial charge in [0.2, 0.25) is 11.8 Å². The molecule has 0 spiro atoms. The number of hydrogen-bond acceptors (Lipinski definition) is 5. The molecule has 6 nitrogen and oxygen atoms in total. The number of ether oxygens (including phenoxy) is 2. The van der Waals surface area contributed by atoms with Crippen molar-refractivity contribution in [3.63, 3.8) is 0 Å². The van der Waals surface area contributed by atoms with Gasteiger partial charge in [0.1, 0.15) is 18.0 Å². The molecule has 6 heteroatoms. The summed E-state index contributed by atoms with van der Waals surface area (Å²) in [6.45, 7) is 3.24. The average molecular weight is 380 g/mol. The second kappa shape index (κ2) is 9.71. The number of benzene rings is 1. The van der Waals surface area contributed by atoms with Gasteiger partial charge in [-0.05, 0) is 18.2 Å². The zero-order valence-electron chi connectivity index (χ0n) is 16.1. The number of aryl methyl sites for hydroxylation is 1. The Labute approximate surface area is 164 Å². The highest BCUT2D eigenvalue weighted by molar-refractivity contribution is 5.96. The topological polar surface area (TPSA) is 73.6 Å². The van der Waals surface area contributed by atoms with E-state index in [1.807, 2.05) is 43.3 Å². The Balaban J connectivity index is 1.66. The van der Waals surface area contributed by atoms with Gasteiger partial charge in [0, 0.05) is 48.9 Å². The van der Waals surface area contributed by atoms with E-state index in [4.69, 9.17) is 13.9 Å². The number of amides is 1. The first-order chi connectivity index (χ1) is 13.7. The Kier molecular flexibility index (Phi) is 6.81. The van der Waals surface area contributed by atoms with Crippen LogP contribution in [0.15, 0.2) is 53.1 Å². The number of furan rings is 1. The van der Waals surface area contributed by atoms with E-state index in [-0.39, 0.29) is 5.91 Å². The van der Waals surface area contributed by atoms with E-state index >= 15 is 0 Å². The van der Waals surface area contributed by atoms with Crippen LogP contribution in [-0.4, -0.2) is 31.2 Å². The van der Waals surface area contributed by atoms with Gasteiger partial charge >= 0.3 is 0 Å². The first-order valence-electron chi connectivity index (χ1n) is 9.25. The Morgan fingerprint density at radius 2 is 2.07 bits per heavy atom. The van der Waals surface area contributed by atoms with Gasteiger partial charge in [0.25, 0.3) is 0 Å². The van der Waals surface area contributed by atoms with Crippen molar-refractivity contribution in [2.24, 2.45) is 0 Å². The van der Waals surface area contributed by atoms with Gasteiger partial charge < -0.3 is 19.2 Å². The molecule has 0 bridgehead atoms. The highest BCUT2D eigenvalue weighted by Crippen LogP contribution is 2.27. The fraction of sp³-hybridized carbons (Fsp3) is 0.273. The van der Waals surface area contributed by atoms with E-state index in [1.54, 1.807) is 19.4 Å². The molecule has 28 heavy (non-hydrogen) atoms. The summed E-state index contributed by atoms with van der Waals surface area (Å²) in [6, 6.07) is 11.5. The van der Waals surface area contributed by atoms with E-state index in [9.17, 15) is 4.79 Å². The van der Waals surface area contributed by atoms with Crippen molar-refractivity contribution in [2.75, 3.05) is 20.3 Å². The van der Waals surface area contributed by atoms with Crippen molar-refractivity contribution in [3.8, 4) is 5.88 Å². The number of hydrogen-bond donors (Lipinski definition) is 1. The fourth-order valence-corrected chi connectivity index (χ4v) is 2.87. The predicted molar refractivity (Wildman–Crippen MR) is 108 cm³/mol. The molecule has 0 aliphatic rings. The molecule has 2 aromatic heterocycles. The summed E-state index contributed by atoms with van der Waals surface area (Å²) in [6.07, 6.45) is 5.75. The van der Waals surface area contributed by atoms with Crippen LogP contribution in [-0.2, 0) is 22.5 Å². The van der Waals surface area contributed by atoms with Crippen LogP contribution in [0.25, 0.3) is 17.0 Å². The average Bonchev–Trinajstić information content (AvgIpc) is 3.09. The normalized spacial score (nSPS) is 11.2. The van der Waals surface area contributed by atoms with Crippen LogP contribution in [0.3, 0.4) is 0 Å². The highest BCUT2D eigenvalue weighted by Gasteiger charge is 2.10. The van der Waals surface area contributed by atoms with E-state index < -0.39 is 0 Å². The summed E-state index contributed by atoms with van der Waals surface area (Å²) in [5.41, 5.74) is 2.58. The van der Waals surface area contributed by atoms with Crippen molar-refractivity contribution in [2.45, 2.75) is 19.9 Å². The second-order valence-corrected chi connectivity index (χ2v) is 6.15. The van der Waals surface area contributed by atoms with Crippen LogP contribution >= 0.6 is 0 Å². The lowest BCUT2D eigenvalue weighted by Crippen LogP contribution is -2.21. The third kappa shape index (κ3) is 4.78. The lowest BCUT2D eigenvalue weighted by molar-refractivity contribution is -0.116. The van der Waals surface area contributed by atoms with Crippen molar-refractivity contribution in [1.82, 2.24) is 10.3 Å². The van der Waals surface area contributed by atoms with E-state index in [2.05, 4.69) is 10.3 Å². The number of nitrogens with one attached hydrogen (secondary N) is 1. The van der Waals surface area contributed by atoms with Gasteiger partial charge in [0.15, 0.2) is 0 Å². The predicted octanol–water partition coefficient (Wildman–Crippen LogP) is 3.75. The molecule has 0 radical (unpaired) electrons. The van der Waals surface area contributed by atoms with Crippen LogP contribution in [0, 0.1) is 0 Å². The number of pyridine rings is 1. The van der Waals surface area contributed by atoms with Gasteiger partial charge in [0.05, 0.1) is 6.61 Å². The highest BCUT2D eigenvalue weighted by atomic mass is 16.5. The molecule has 0 aliphatic heterocycles. The molecule has 2 heterocycles. The minimum Gasteiger partial charge on any atom is -0.475 e. The summed E-state index contributed by atoms with van der Waals surface area (Å²) in [5.74, 6) is 1.17. The van der Waals surface area contributed by atoms with Gasteiger partial charge in [-0.1, -0.05) is 31.2 Å². The van der Waals surface area contributed by atoms with Crippen LogP contribution in [0.4, 0.5) is 0 Å². The molecule has 1 N–H and O–H groups in total. The first kappa shape index (κ1) is 19.6. The summed E-state index contributed by atoms with van der Waals surface area (Å²) >= 11 is 0. The Bertz CT molecular complexity index is 962. The first-order valence-corrected chi connectivity index (χ1v) is 9.25.